The van der Waals surface area contributed by atoms with Crippen molar-refractivity contribution in [2.45, 2.75) is 18.4 Å². The number of imide groups is 1. The summed E-state index contributed by atoms with van der Waals surface area (Å²) in [5, 5.41) is 5.31. The van der Waals surface area contributed by atoms with Crippen LogP contribution in [0.5, 0.6) is 0 Å². The SMILES string of the molecule is N/C=C\C=N/CN1CCC2(CC1)NC(=O)N(CC(=O)Nc1ccc(F)cc1)C2=O. The second-order valence-corrected chi connectivity index (χ2v) is 6.93. The van der Waals surface area contributed by atoms with Gasteiger partial charge in [0.2, 0.25) is 5.91 Å². The van der Waals surface area contributed by atoms with Crippen molar-refractivity contribution in [3.63, 3.8) is 0 Å². The summed E-state index contributed by atoms with van der Waals surface area (Å²) in [5.41, 5.74) is 4.64. The molecule has 4 N–H and O–H groups in total. The van der Waals surface area contributed by atoms with Crippen LogP contribution in [-0.4, -0.2) is 65.7 Å². The molecule has 0 radical (unpaired) electrons. The maximum absolute atomic E-state index is 12.9. The number of allylic oxidation sites excluding steroid dienone is 1. The number of hydrogen-bond donors (Lipinski definition) is 3. The Morgan fingerprint density at radius 1 is 1.28 bits per heavy atom. The largest absolute Gasteiger partial charge is 0.405 e. The van der Waals surface area contributed by atoms with Crippen LogP contribution >= 0.6 is 0 Å². The van der Waals surface area contributed by atoms with Crippen molar-refractivity contribution in [2.75, 3.05) is 31.6 Å². The standard InChI is InChI=1S/C19H23FN6O3/c20-14-2-4-15(5-3-14)23-16(27)12-26-17(28)19(24-18(26)29)6-10-25(11-7-19)13-22-9-1-8-21/h1-5,8-9H,6-7,10-13,21H2,(H,23,27)(H,24,29)/b8-1-,22-9-. The maximum Gasteiger partial charge on any atom is 0.325 e. The molecule has 2 heterocycles. The van der Waals surface area contributed by atoms with Gasteiger partial charge in [0.15, 0.2) is 0 Å². The number of urea groups is 1. The number of hydrogen-bond acceptors (Lipinski definition) is 6. The number of rotatable bonds is 6. The molecule has 3 rings (SSSR count). The highest BCUT2D eigenvalue weighted by atomic mass is 19.1. The third-order valence-corrected chi connectivity index (χ3v) is 4.97. The van der Waals surface area contributed by atoms with Crippen LogP contribution in [0.4, 0.5) is 14.9 Å². The molecule has 0 saturated carbocycles. The van der Waals surface area contributed by atoms with Crippen molar-refractivity contribution >= 4 is 29.7 Å². The Bertz CT molecular complexity index is 831. The average molecular weight is 402 g/mol. The molecule has 154 valence electrons. The van der Waals surface area contributed by atoms with Crippen LogP contribution in [0.25, 0.3) is 0 Å². The molecule has 0 bridgehead atoms. The predicted octanol–water partition coefficient (Wildman–Crippen LogP) is 0.651. The third-order valence-electron chi connectivity index (χ3n) is 4.97. The van der Waals surface area contributed by atoms with Crippen molar-refractivity contribution in [3.8, 4) is 0 Å². The first-order valence-electron chi connectivity index (χ1n) is 9.22. The Balaban J connectivity index is 1.55. The predicted molar refractivity (Wildman–Crippen MR) is 105 cm³/mol. The number of halogens is 1. The van der Waals surface area contributed by atoms with Gasteiger partial charge in [-0.15, -0.1) is 0 Å². The zero-order valence-electron chi connectivity index (χ0n) is 15.8. The number of nitrogens with zero attached hydrogens (tertiary/aromatic N) is 3. The normalized spacial score (nSPS) is 19.4. The molecular formula is C19H23FN6O3. The van der Waals surface area contributed by atoms with Gasteiger partial charge >= 0.3 is 6.03 Å². The van der Waals surface area contributed by atoms with Crippen molar-refractivity contribution < 1.29 is 18.8 Å². The minimum absolute atomic E-state index is 0.386. The number of aliphatic imine (C=N–C) groups is 1. The minimum atomic E-state index is -0.982. The monoisotopic (exact) mass is 402 g/mol. The van der Waals surface area contributed by atoms with Crippen LogP contribution in [0.1, 0.15) is 12.8 Å². The van der Waals surface area contributed by atoms with Gasteiger partial charge in [0.25, 0.3) is 5.91 Å². The van der Waals surface area contributed by atoms with Crippen molar-refractivity contribution in [1.29, 1.82) is 0 Å². The molecule has 2 aliphatic heterocycles. The quantitative estimate of drug-likeness (QED) is 0.477. The van der Waals surface area contributed by atoms with E-state index >= 15 is 0 Å². The van der Waals surface area contributed by atoms with Crippen LogP contribution in [0, 0.1) is 5.82 Å². The van der Waals surface area contributed by atoms with Gasteiger partial charge < -0.3 is 16.4 Å². The summed E-state index contributed by atoms with van der Waals surface area (Å²) in [5.74, 6) is -1.35. The second-order valence-electron chi connectivity index (χ2n) is 6.93. The zero-order valence-corrected chi connectivity index (χ0v) is 15.8. The van der Waals surface area contributed by atoms with Gasteiger partial charge in [-0.25, -0.2) is 9.18 Å². The molecule has 0 aliphatic carbocycles. The number of piperidine rings is 1. The summed E-state index contributed by atoms with van der Waals surface area (Å²) in [7, 11) is 0. The number of likely N-dealkylation sites (tertiary alicyclic amines) is 1. The molecule has 2 fully saturated rings. The minimum Gasteiger partial charge on any atom is -0.405 e. The fourth-order valence-electron chi connectivity index (χ4n) is 3.39. The van der Waals surface area contributed by atoms with E-state index in [2.05, 4.69) is 20.5 Å². The molecule has 0 aromatic heterocycles. The number of nitrogens with one attached hydrogen (secondary N) is 2. The molecule has 0 atom stereocenters. The van der Waals surface area contributed by atoms with E-state index in [1.54, 1.807) is 12.3 Å². The van der Waals surface area contributed by atoms with Crippen LogP contribution in [0.15, 0.2) is 41.5 Å². The first-order chi connectivity index (χ1) is 13.9. The molecule has 1 aromatic rings. The van der Waals surface area contributed by atoms with Crippen LogP contribution in [-0.2, 0) is 9.59 Å². The number of carbonyl (C=O) groups excluding carboxylic acids is 3. The molecule has 29 heavy (non-hydrogen) atoms. The molecule has 9 nitrogen and oxygen atoms in total. The van der Waals surface area contributed by atoms with Crippen LogP contribution in [0.3, 0.4) is 0 Å². The summed E-state index contributed by atoms with van der Waals surface area (Å²) >= 11 is 0. The van der Waals surface area contributed by atoms with E-state index < -0.39 is 35.7 Å². The molecule has 2 aliphatic rings. The summed E-state index contributed by atoms with van der Waals surface area (Å²) < 4.78 is 12.9. The van der Waals surface area contributed by atoms with E-state index in [1.807, 2.05) is 0 Å². The maximum atomic E-state index is 12.9. The van der Waals surface area contributed by atoms with E-state index in [4.69, 9.17) is 5.73 Å². The molecule has 10 heteroatoms. The fraction of sp³-hybridized carbons (Fsp3) is 0.368. The third kappa shape index (κ3) is 4.77. The Morgan fingerprint density at radius 2 is 1.97 bits per heavy atom. The van der Waals surface area contributed by atoms with E-state index in [9.17, 15) is 18.8 Å². The number of anilines is 1. The molecular weight excluding hydrogens is 379 g/mol. The topological polar surface area (TPSA) is 120 Å². The lowest BCUT2D eigenvalue weighted by molar-refractivity contribution is -0.135. The van der Waals surface area contributed by atoms with Gasteiger partial charge in [0.1, 0.15) is 17.9 Å². The second kappa shape index (κ2) is 8.82. The fourth-order valence-corrected chi connectivity index (χ4v) is 3.39. The summed E-state index contributed by atoms with van der Waals surface area (Å²) in [6.07, 6.45) is 5.50. The number of amides is 4. The van der Waals surface area contributed by atoms with Gasteiger partial charge in [0, 0.05) is 25.0 Å². The lowest BCUT2D eigenvalue weighted by Gasteiger charge is -2.36. The van der Waals surface area contributed by atoms with E-state index in [0.29, 0.717) is 38.3 Å². The van der Waals surface area contributed by atoms with Crippen LogP contribution in [0.2, 0.25) is 0 Å². The van der Waals surface area contributed by atoms with Crippen molar-refractivity contribution in [3.05, 3.63) is 42.4 Å². The summed E-state index contributed by atoms with van der Waals surface area (Å²) in [6, 6.07) is 4.65. The zero-order chi connectivity index (χ0) is 20.9. The molecule has 0 unspecified atom stereocenters. The van der Waals surface area contributed by atoms with Gasteiger partial charge in [-0.1, -0.05) is 0 Å². The average Bonchev–Trinajstić information content (AvgIpc) is 2.93. The van der Waals surface area contributed by atoms with E-state index in [-0.39, 0.29) is 0 Å². The summed E-state index contributed by atoms with van der Waals surface area (Å²) in [4.78, 5) is 44.6. The van der Waals surface area contributed by atoms with Crippen molar-refractivity contribution in [1.82, 2.24) is 15.1 Å². The summed E-state index contributed by atoms with van der Waals surface area (Å²) in [6.45, 7) is 1.26. The molecule has 2 saturated heterocycles. The number of nitrogens with two attached hydrogens (primary N) is 1. The highest BCUT2D eigenvalue weighted by molar-refractivity contribution is 6.10. The first-order valence-corrected chi connectivity index (χ1v) is 9.22. The van der Waals surface area contributed by atoms with E-state index in [0.717, 1.165) is 4.90 Å². The Labute approximate surface area is 167 Å². The van der Waals surface area contributed by atoms with E-state index in [1.165, 1.54) is 30.5 Å². The van der Waals surface area contributed by atoms with Crippen molar-refractivity contribution in [2.24, 2.45) is 10.7 Å². The Hall–Kier alpha value is -3.27. The molecule has 4 amide bonds. The number of benzene rings is 1. The lowest BCUT2D eigenvalue weighted by Crippen LogP contribution is -2.55. The van der Waals surface area contributed by atoms with Gasteiger partial charge in [0.05, 0.1) is 6.67 Å². The first kappa shape index (κ1) is 20.5. The van der Waals surface area contributed by atoms with Crippen LogP contribution < -0.4 is 16.4 Å². The Kier molecular flexibility index (Phi) is 6.23. The van der Waals surface area contributed by atoms with Gasteiger partial charge in [-0.3, -0.25) is 24.4 Å². The molecule has 1 aromatic carbocycles. The Morgan fingerprint density at radius 3 is 2.62 bits per heavy atom. The smallest absolute Gasteiger partial charge is 0.325 e. The molecule has 1 spiro atoms. The lowest BCUT2D eigenvalue weighted by atomic mass is 9.87. The highest BCUT2D eigenvalue weighted by Gasteiger charge is 2.52. The number of carbonyl (C=O) groups is 3. The van der Waals surface area contributed by atoms with Gasteiger partial charge in [-0.2, -0.15) is 0 Å². The highest BCUT2D eigenvalue weighted by Crippen LogP contribution is 2.29. The van der Waals surface area contributed by atoms with Gasteiger partial charge in [-0.05, 0) is 49.4 Å².